The molecule has 0 radical (unpaired) electrons. The van der Waals surface area contributed by atoms with E-state index in [-0.39, 0.29) is 12.5 Å². The summed E-state index contributed by atoms with van der Waals surface area (Å²) in [6, 6.07) is 8.18. The van der Waals surface area contributed by atoms with Crippen LogP contribution in [0.25, 0.3) is 0 Å². The number of anilines is 2. The Kier molecular flexibility index (Phi) is 6.00. The predicted molar refractivity (Wildman–Crippen MR) is 88.8 cm³/mol. The molecule has 0 aliphatic rings. The molecular weight excluding hydrogens is 325 g/mol. The molecule has 0 aliphatic heterocycles. The molecule has 0 saturated carbocycles. The van der Waals surface area contributed by atoms with Gasteiger partial charge in [0.15, 0.2) is 0 Å². The topological polar surface area (TPSA) is 74.2 Å². The van der Waals surface area contributed by atoms with Crippen LogP contribution in [-0.2, 0) is 0 Å². The van der Waals surface area contributed by atoms with Gasteiger partial charge >= 0.3 is 0 Å². The number of amides is 1. The van der Waals surface area contributed by atoms with Crippen molar-refractivity contribution in [3.8, 4) is 0 Å². The van der Waals surface area contributed by atoms with Gasteiger partial charge in [-0.25, -0.2) is 4.98 Å². The van der Waals surface area contributed by atoms with Crippen LogP contribution in [-0.4, -0.2) is 29.1 Å². The molecule has 0 fully saturated rings. The van der Waals surface area contributed by atoms with Crippen molar-refractivity contribution in [2.45, 2.75) is 6.42 Å². The molecule has 1 aromatic heterocycles. The molecule has 0 unspecified atom stereocenters. The summed E-state index contributed by atoms with van der Waals surface area (Å²) >= 11 is 11.7. The molecule has 2 rings (SSSR count). The van der Waals surface area contributed by atoms with Crippen molar-refractivity contribution in [3.63, 3.8) is 0 Å². The van der Waals surface area contributed by atoms with E-state index in [9.17, 15) is 4.79 Å². The van der Waals surface area contributed by atoms with Crippen LogP contribution in [0, 0.1) is 0 Å². The third-order valence-corrected chi connectivity index (χ3v) is 3.58. The first-order chi connectivity index (χ1) is 10.6. The normalized spacial score (nSPS) is 10.3. The summed E-state index contributed by atoms with van der Waals surface area (Å²) in [6.45, 7) is 0.767. The minimum absolute atomic E-state index is 0.130. The molecular formula is C15H15Cl2N3O2. The lowest BCUT2D eigenvalue weighted by Crippen LogP contribution is -2.12. The fourth-order valence-electron chi connectivity index (χ4n) is 1.71. The molecule has 0 bridgehead atoms. The van der Waals surface area contributed by atoms with Crippen molar-refractivity contribution >= 4 is 40.6 Å². The molecule has 0 atom stereocenters. The van der Waals surface area contributed by atoms with Crippen LogP contribution < -0.4 is 10.6 Å². The first-order valence-electron chi connectivity index (χ1n) is 6.67. The molecule has 7 heteroatoms. The zero-order valence-electron chi connectivity index (χ0n) is 11.6. The van der Waals surface area contributed by atoms with E-state index in [1.807, 2.05) is 0 Å². The fraction of sp³-hybridized carbons (Fsp3) is 0.200. The quantitative estimate of drug-likeness (QED) is 0.705. The number of benzene rings is 1. The standard InChI is InChI=1S/C15H15Cl2N3O2/c16-12-4-2-10(8-13(12)17)15(22)20-11-3-5-14(19-9-11)18-6-1-7-21/h2-5,8-9,21H,1,6-7H2,(H,18,19)(H,20,22). The van der Waals surface area contributed by atoms with Crippen molar-refractivity contribution in [1.29, 1.82) is 0 Å². The van der Waals surface area contributed by atoms with Crippen LogP contribution in [0.4, 0.5) is 11.5 Å². The number of aromatic nitrogens is 1. The van der Waals surface area contributed by atoms with Crippen LogP contribution in [0.5, 0.6) is 0 Å². The maximum absolute atomic E-state index is 12.1. The van der Waals surface area contributed by atoms with Gasteiger partial charge in [-0.1, -0.05) is 23.2 Å². The Bertz CT molecular complexity index is 648. The highest BCUT2D eigenvalue weighted by molar-refractivity contribution is 6.42. The molecule has 0 spiro atoms. The molecule has 22 heavy (non-hydrogen) atoms. The van der Waals surface area contributed by atoms with E-state index < -0.39 is 0 Å². The Morgan fingerprint density at radius 3 is 2.64 bits per heavy atom. The monoisotopic (exact) mass is 339 g/mol. The Labute approximate surface area is 138 Å². The molecule has 1 amide bonds. The third kappa shape index (κ3) is 4.59. The van der Waals surface area contributed by atoms with Crippen molar-refractivity contribution in [1.82, 2.24) is 4.98 Å². The minimum Gasteiger partial charge on any atom is -0.396 e. The molecule has 2 aromatic rings. The van der Waals surface area contributed by atoms with E-state index >= 15 is 0 Å². The van der Waals surface area contributed by atoms with Crippen molar-refractivity contribution in [3.05, 3.63) is 52.1 Å². The number of aliphatic hydroxyl groups excluding tert-OH is 1. The van der Waals surface area contributed by atoms with Gasteiger partial charge in [0.05, 0.1) is 21.9 Å². The SMILES string of the molecule is O=C(Nc1ccc(NCCCO)nc1)c1ccc(Cl)c(Cl)c1. The number of rotatable bonds is 6. The highest BCUT2D eigenvalue weighted by Crippen LogP contribution is 2.23. The lowest BCUT2D eigenvalue weighted by Gasteiger charge is -2.08. The van der Waals surface area contributed by atoms with Crippen molar-refractivity contribution < 1.29 is 9.90 Å². The van der Waals surface area contributed by atoms with Crippen LogP contribution in [0.3, 0.4) is 0 Å². The van der Waals surface area contributed by atoms with Gasteiger partial charge in [-0.2, -0.15) is 0 Å². The highest BCUT2D eigenvalue weighted by atomic mass is 35.5. The molecule has 116 valence electrons. The van der Waals surface area contributed by atoms with Gasteiger partial charge in [-0.3, -0.25) is 4.79 Å². The van der Waals surface area contributed by atoms with Crippen molar-refractivity contribution in [2.24, 2.45) is 0 Å². The summed E-state index contributed by atoms with van der Waals surface area (Å²) in [7, 11) is 0. The largest absolute Gasteiger partial charge is 0.396 e. The average molecular weight is 340 g/mol. The molecule has 3 N–H and O–H groups in total. The number of aliphatic hydroxyl groups is 1. The fourth-order valence-corrected chi connectivity index (χ4v) is 2.01. The molecule has 1 aromatic carbocycles. The second kappa shape index (κ2) is 7.98. The van der Waals surface area contributed by atoms with Gasteiger partial charge < -0.3 is 15.7 Å². The number of nitrogens with one attached hydrogen (secondary N) is 2. The maximum Gasteiger partial charge on any atom is 0.255 e. The van der Waals surface area contributed by atoms with Crippen LogP contribution >= 0.6 is 23.2 Å². The number of carbonyl (C=O) groups excluding carboxylic acids is 1. The number of halogens is 2. The van der Waals surface area contributed by atoms with Gasteiger partial charge in [0.2, 0.25) is 0 Å². The second-order valence-electron chi connectivity index (χ2n) is 4.52. The number of nitrogens with zero attached hydrogens (tertiary/aromatic N) is 1. The van der Waals surface area contributed by atoms with E-state index in [4.69, 9.17) is 28.3 Å². The summed E-state index contributed by atoms with van der Waals surface area (Å²) in [5.41, 5.74) is 0.989. The van der Waals surface area contributed by atoms with E-state index in [0.29, 0.717) is 40.1 Å². The Balaban J connectivity index is 1.97. The van der Waals surface area contributed by atoms with Gasteiger partial charge in [0, 0.05) is 18.7 Å². The zero-order valence-corrected chi connectivity index (χ0v) is 13.2. The van der Waals surface area contributed by atoms with E-state index in [1.165, 1.54) is 6.07 Å². The van der Waals surface area contributed by atoms with E-state index in [2.05, 4.69) is 15.6 Å². The minimum atomic E-state index is -0.290. The lowest BCUT2D eigenvalue weighted by molar-refractivity contribution is 0.102. The lowest BCUT2D eigenvalue weighted by atomic mass is 10.2. The third-order valence-electron chi connectivity index (χ3n) is 2.84. The highest BCUT2D eigenvalue weighted by Gasteiger charge is 2.08. The van der Waals surface area contributed by atoms with Gasteiger partial charge in [-0.05, 0) is 36.8 Å². The summed E-state index contributed by atoms with van der Waals surface area (Å²) in [4.78, 5) is 16.3. The summed E-state index contributed by atoms with van der Waals surface area (Å²) in [5, 5.41) is 15.2. The van der Waals surface area contributed by atoms with Gasteiger partial charge in [0.25, 0.3) is 5.91 Å². The summed E-state index contributed by atoms with van der Waals surface area (Å²) in [6.07, 6.45) is 2.20. The van der Waals surface area contributed by atoms with Crippen molar-refractivity contribution in [2.75, 3.05) is 23.8 Å². The number of pyridine rings is 1. The molecule has 0 aliphatic carbocycles. The van der Waals surface area contributed by atoms with E-state index in [1.54, 1.807) is 30.5 Å². The Hall–Kier alpha value is -1.82. The molecule has 5 nitrogen and oxygen atoms in total. The first kappa shape index (κ1) is 16.5. The smallest absolute Gasteiger partial charge is 0.255 e. The first-order valence-corrected chi connectivity index (χ1v) is 7.43. The zero-order chi connectivity index (χ0) is 15.9. The molecule has 0 saturated heterocycles. The average Bonchev–Trinajstić information content (AvgIpc) is 2.52. The number of hydrogen-bond donors (Lipinski definition) is 3. The summed E-state index contributed by atoms with van der Waals surface area (Å²) in [5.74, 6) is 0.391. The van der Waals surface area contributed by atoms with Crippen LogP contribution in [0.1, 0.15) is 16.8 Å². The Morgan fingerprint density at radius 2 is 2.00 bits per heavy atom. The van der Waals surface area contributed by atoms with E-state index in [0.717, 1.165) is 0 Å². The van der Waals surface area contributed by atoms with Crippen LogP contribution in [0.2, 0.25) is 10.0 Å². The van der Waals surface area contributed by atoms with Gasteiger partial charge in [-0.15, -0.1) is 0 Å². The Morgan fingerprint density at radius 1 is 1.18 bits per heavy atom. The second-order valence-corrected chi connectivity index (χ2v) is 5.33. The van der Waals surface area contributed by atoms with Crippen LogP contribution in [0.15, 0.2) is 36.5 Å². The number of carbonyl (C=O) groups is 1. The molecule has 1 heterocycles. The summed E-state index contributed by atoms with van der Waals surface area (Å²) < 4.78 is 0. The number of hydrogen-bond acceptors (Lipinski definition) is 4. The maximum atomic E-state index is 12.1. The predicted octanol–water partition coefficient (Wildman–Crippen LogP) is 3.44. The van der Waals surface area contributed by atoms with Gasteiger partial charge in [0.1, 0.15) is 5.82 Å².